The van der Waals surface area contributed by atoms with Gasteiger partial charge in [0.15, 0.2) is 13.9 Å². The van der Waals surface area contributed by atoms with E-state index in [-0.39, 0.29) is 10.1 Å². The molecule has 0 aliphatic carbocycles. The van der Waals surface area contributed by atoms with Crippen molar-refractivity contribution in [1.82, 2.24) is 0 Å². The molecule has 0 aromatic heterocycles. The molecular weight excluding hydrogens is 306 g/mol. The van der Waals surface area contributed by atoms with Crippen LogP contribution in [0.15, 0.2) is 12.3 Å². The van der Waals surface area contributed by atoms with Gasteiger partial charge in [-0.05, 0) is 49.3 Å². The van der Waals surface area contributed by atoms with E-state index in [1.165, 1.54) is 0 Å². The molecule has 0 saturated carbocycles. The van der Waals surface area contributed by atoms with Crippen LogP contribution < -0.4 is 0 Å². The summed E-state index contributed by atoms with van der Waals surface area (Å²) in [5.41, 5.74) is -0.939. The third kappa shape index (κ3) is 5.56. The molecule has 0 N–H and O–H groups in total. The van der Waals surface area contributed by atoms with E-state index in [1.54, 1.807) is 12.3 Å². The van der Waals surface area contributed by atoms with Crippen molar-refractivity contribution in [2.75, 3.05) is 0 Å². The molecule has 0 unspecified atom stereocenters. The first-order valence-electron chi connectivity index (χ1n) is 7.94. The summed E-state index contributed by atoms with van der Waals surface area (Å²) in [5, 5.41) is 9.76. The van der Waals surface area contributed by atoms with Gasteiger partial charge in [-0.1, -0.05) is 41.5 Å². The van der Waals surface area contributed by atoms with E-state index in [4.69, 9.17) is 8.85 Å². The topological polar surface area (TPSA) is 42.2 Å². The number of nitriles is 1. The number of hydrogen-bond acceptors (Lipinski definition) is 3. The molecule has 0 aromatic rings. The summed E-state index contributed by atoms with van der Waals surface area (Å²) in [4.78, 5) is 0. The molecule has 22 heavy (non-hydrogen) atoms. The zero-order valence-corrected chi connectivity index (χ0v) is 18.4. The Morgan fingerprint density at radius 2 is 1.23 bits per heavy atom. The Labute approximate surface area is 140 Å². The first-order chi connectivity index (χ1) is 9.47. The number of nitrogens with zero attached hydrogens (tertiary/aromatic N) is 1. The van der Waals surface area contributed by atoms with Crippen LogP contribution in [0.4, 0.5) is 0 Å². The molecular formula is C17H35NO2Si2. The minimum absolute atomic E-state index is 0.0687. The van der Waals surface area contributed by atoms with E-state index in [2.05, 4.69) is 73.8 Å². The standard InChI is InChI=1S/C17H35NO2Si2/c1-15(2,3)21(8,9)19-13-12-17(7,14-18)20-22(10,11)16(4,5)6/h12-13H,1-11H3/b13-12+/t17-/m1/s1. The van der Waals surface area contributed by atoms with Crippen molar-refractivity contribution in [2.45, 2.75) is 90.3 Å². The second kappa shape index (κ2) is 6.50. The van der Waals surface area contributed by atoms with Gasteiger partial charge in [-0.3, -0.25) is 0 Å². The molecule has 0 bridgehead atoms. The van der Waals surface area contributed by atoms with Crippen LogP contribution >= 0.6 is 0 Å². The zero-order chi connectivity index (χ0) is 18.0. The first kappa shape index (κ1) is 21.4. The fourth-order valence-corrected chi connectivity index (χ4v) is 3.53. The smallest absolute Gasteiger partial charge is 0.249 e. The van der Waals surface area contributed by atoms with Crippen LogP contribution in [-0.2, 0) is 8.85 Å². The van der Waals surface area contributed by atoms with E-state index < -0.39 is 22.2 Å². The van der Waals surface area contributed by atoms with Crippen LogP contribution in [0.3, 0.4) is 0 Å². The van der Waals surface area contributed by atoms with E-state index in [0.29, 0.717) is 0 Å². The second-order valence-corrected chi connectivity index (χ2v) is 18.7. The zero-order valence-electron chi connectivity index (χ0n) is 16.4. The monoisotopic (exact) mass is 341 g/mol. The summed E-state index contributed by atoms with van der Waals surface area (Å²) in [6, 6.07) is 2.29. The van der Waals surface area contributed by atoms with Crippen LogP contribution in [0, 0.1) is 11.3 Å². The minimum Gasteiger partial charge on any atom is -0.549 e. The highest BCUT2D eigenvalue weighted by molar-refractivity contribution is 6.74. The summed E-state index contributed by atoms with van der Waals surface area (Å²) in [6.45, 7) is 23.6. The summed E-state index contributed by atoms with van der Waals surface area (Å²) in [5.74, 6) is 0. The van der Waals surface area contributed by atoms with Crippen molar-refractivity contribution in [3.8, 4) is 6.07 Å². The highest BCUT2D eigenvalue weighted by atomic mass is 28.4. The normalized spacial score (nSPS) is 17.2. The van der Waals surface area contributed by atoms with Gasteiger partial charge in [-0.2, -0.15) is 5.26 Å². The fraction of sp³-hybridized carbons (Fsp3) is 0.824. The lowest BCUT2D eigenvalue weighted by molar-refractivity contribution is 0.175. The van der Waals surface area contributed by atoms with Gasteiger partial charge in [-0.15, -0.1) is 0 Å². The summed E-state index contributed by atoms with van der Waals surface area (Å²) >= 11 is 0. The van der Waals surface area contributed by atoms with Gasteiger partial charge in [-0.25, -0.2) is 0 Å². The van der Waals surface area contributed by atoms with E-state index in [0.717, 1.165) is 0 Å². The van der Waals surface area contributed by atoms with E-state index >= 15 is 0 Å². The van der Waals surface area contributed by atoms with Crippen LogP contribution in [-0.4, -0.2) is 22.2 Å². The molecule has 128 valence electrons. The molecule has 5 heteroatoms. The van der Waals surface area contributed by atoms with Crippen LogP contribution in [0.25, 0.3) is 0 Å². The van der Waals surface area contributed by atoms with Crippen LogP contribution in [0.5, 0.6) is 0 Å². The van der Waals surface area contributed by atoms with Crippen molar-refractivity contribution in [3.05, 3.63) is 12.3 Å². The molecule has 0 rings (SSSR count). The summed E-state index contributed by atoms with van der Waals surface area (Å²) in [7, 11) is -3.86. The highest BCUT2D eigenvalue weighted by Crippen LogP contribution is 2.40. The largest absolute Gasteiger partial charge is 0.549 e. The average Bonchev–Trinajstić information content (AvgIpc) is 2.24. The van der Waals surface area contributed by atoms with Gasteiger partial charge in [0, 0.05) is 0 Å². The summed E-state index contributed by atoms with van der Waals surface area (Å²) < 4.78 is 12.3. The summed E-state index contributed by atoms with van der Waals surface area (Å²) in [6.07, 6.45) is 3.46. The Morgan fingerprint density at radius 3 is 1.55 bits per heavy atom. The molecule has 0 amide bonds. The molecule has 0 fully saturated rings. The van der Waals surface area contributed by atoms with Gasteiger partial charge in [0.1, 0.15) is 6.07 Å². The van der Waals surface area contributed by atoms with Crippen molar-refractivity contribution < 1.29 is 8.85 Å². The highest BCUT2D eigenvalue weighted by Gasteiger charge is 2.43. The van der Waals surface area contributed by atoms with Gasteiger partial charge >= 0.3 is 0 Å². The Bertz CT molecular complexity index is 451. The SMILES string of the molecule is CC(C)(C)[Si](C)(C)O/C=C/[C@](C)(C#N)O[Si](C)(C)C(C)(C)C. The number of rotatable bonds is 5. The molecule has 3 nitrogen and oxygen atoms in total. The van der Waals surface area contributed by atoms with Gasteiger partial charge in [0.25, 0.3) is 0 Å². The van der Waals surface area contributed by atoms with Crippen molar-refractivity contribution in [1.29, 1.82) is 5.26 Å². The Kier molecular flexibility index (Phi) is 6.33. The lowest BCUT2D eigenvalue weighted by atomic mass is 10.1. The van der Waals surface area contributed by atoms with Gasteiger partial charge < -0.3 is 8.85 Å². The molecule has 0 saturated heterocycles. The Morgan fingerprint density at radius 1 is 0.818 bits per heavy atom. The fourth-order valence-electron chi connectivity index (χ4n) is 1.29. The second-order valence-electron chi connectivity index (χ2n) is 9.26. The molecule has 0 heterocycles. The third-order valence-electron chi connectivity index (χ3n) is 5.05. The Balaban J connectivity index is 5.15. The maximum Gasteiger partial charge on any atom is 0.249 e. The van der Waals surface area contributed by atoms with Crippen molar-refractivity contribution in [3.63, 3.8) is 0 Å². The quantitative estimate of drug-likeness (QED) is 0.467. The third-order valence-corrected chi connectivity index (χ3v) is 13.9. The molecule has 0 radical (unpaired) electrons. The Hall–Kier alpha value is -0.576. The van der Waals surface area contributed by atoms with Crippen LogP contribution in [0.1, 0.15) is 48.5 Å². The van der Waals surface area contributed by atoms with Crippen LogP contribution in [0.2, 0.25) is 36.3 Å². The molecule has 0 aromatic carbocycles. The molecule has 0 aliphatic heterocycles. The number of hydrogen-bond donors (Lipinski definition) is 0. The lowest BCUT2D eigenvalue weighted by Gasteiger charge is -2.40. The average molecular weight is 342 g/mol. The van der Waals surface area contributed by atoms with Crippen molar-refractivity contribution in [2.24, 2.45) is 0 Å². The predicted octanol–water partition coefficient (Wildman–Crippen LogP) is 5.83. The van der Waals surface area contributed by atoms with Gasteiger partial charge in [0.2, 0.25) is 8.32 Å². The maximum atomic E-state index is 9.56. The maximum absolute atomic E-state index is 9.56. The molecule has 0 spiro atoms. The van der Waals surface area contributed by atoms with Gasteiger partial charge in [0.05, 0.1) is 6.26 Å². The lowest BCUT2D eigenvalue weighted by Crippen LogP contribution is -2.47. The first-order valence-corrected chi connectivity index (χ1v) is 13.8. The van der Waals surface area contributed by atoms with E-state index in [1.807, 2.05) is 6.92 Å². The molecule has 1 atom stereocenters. The van der Waals surface area contributed by atoms with E-state index in [9.17, 15) is 5.26 Å². The van der Waals surface area contributed by atoms with Crippen molar-refractivity contribution >= 4 is 16.6 Å². The molecule has 0 aliphatic rings. The predicted molar refractivity (Wildman–Crippen MR) is 99.7 cm³/mol. The minimum atomic E-state index is -2.01.